The fourth-order valence-corrected chi connectivity index (χ4v) is 3.00. The third-order valence-corrected chi connectivity index (χ3v) is 4.67. The highest BCUT2D eigenvalue weighted by Crippen LogP contribution is 2.23. The lowest BCUT2D eigenvalue weighted by Gasteiger charge is -2.38. The van der Waals surface area contributed by atoms with Gasteiger partial charge in [0.25, 0.3) is 5.91 Å². The number of aromatic nitrogens is 2. The van der Waals surface area contributed by atoms with Crippen LogP contribution in [0.5, 0.6) is 0 Å². The van der Waals surface area contributed by atoms with Crippen LogP contribution >= 0.6 is 0 Å². The first kappa shape index (κ1) is 18.5. The summed E-state index contributed by atoms with van der Waals surface area (Å²) in [5.74, 6) is -0.399. The number of nitrogens with one attached hydrogen (secondary N) is 2. The van der Waals surface area contributed by atoms with Crippen LogP contribution in [0.15, 0.2) is 66.9 Å². The van der Waals surface area contributed by atoms with Crippen molar-refractivity contribution in [3.8, 4) is 0 Å². The zero-order valence-corrected chi connectivity index (χ0v) is 15.4. The average Bonchev–Trinajstić information content (AvgIpc) is 2.70. The van der Waals surface area contributed by atoms with Crippen LogP contribution in [0.1, 0.15) is 10.4 Å². The zero-order chi connectivity index (χ0) is 20.2. The molecule has 29 heavy (non-hydrogen) atoms. The second-order valence-corrected chi connectivity index (χ2v) is 6.68. The Hall–Kier alpha value is -3.81. The van der Waals surface area contributed by atoms with Gasteiger partial charge in [-0.3, -0.25) is 9.59 Å². The summed E-state index contributed by atoms with van der Waals surface area (Å²) in [5, 5.41) is 13.2. The number of amides is 2. The molecule has 0 unspecified atom stereocenters. The predicted molar refractivity (Wildman–Crippen MR) is 107 cm³/mol. The van der Waals surface area contributed by atoms with Gasteiger partial charge in [-0.2, -0.15) is 5.10 Å². The van der Waals surface area contributed by atoms with Crippen LogP contribution < -0.4 is 15.5 Å². The largest absolute Gasteiger partial charge is 0.353 e. The van der Waals surface area contributed by atoms with Gasteiger partial charge >= 0.3 is 0 Å². The van der Waals surface area contributed by atoms with Gasteiger partial charge in [0.2, 0.25) is 5.91 Å². The van der Waals surface area contributed by atoms with Crippen molar-refractivity contribution in [1.29, 1.82) is 0 Å². The molecule has 0 radical (unpaired) electrons. The molecule has 0 aliphatic carbocycles. The van der Waals surface area contributed by atoms with Crippen molar-refractivity contribution in [3.05, 3.63) is 78.2 Å². The number of para-hydroxylation sites is 1. The fourth-order valence-electron chi connectivity index (χ4n) is 3.00. The standard InChI is InChI=1S/C21H18FN5O2/c22-17-4-1-2-5-18(17)25-20(28)14-7-9-16(10-8-14)24-21(29)15-12-27(13-15)19-6-3-11-23-26-19/h1-11,15H,12-13H2,(H,24,29)(H,25,28). The highest BCUT2D eigenvalue weighted by Gasteiger charge is 2.33. The van der Waals surface area contributed by atoms with Crippen molar-refractivity contribution in [1.82, 2.24) is 10.2 Å². The van der Waals surface area contributed by atoms with Crippen molar-refractivity contribution in [2.75, 3.05) is 28.6 Å². The number of hydrogen-bond acceptors (Lipinski definition) is 5. The minimum atomic E-state index is -0.499. The van der Waals surface area contributed by atoms with E-state index in [1.807, 2.05) is 11.0 Å². The molecule has 2 aromatic carbocycles. The van der Waals surface area contributed by atoms with Gasteiger partial charge in [-0.1, -0.05) is 12.1 Å². The Labute approximate surface area is 166 Å². The molecule has 8 heteroatoms. The summed E-state index contributed by atoms with van der Waals surface area (Å²) >= 11 is 0. The van der Waals surface area contributed by atoms with E-state index in [0.717, 1.165) is 5.82 Å². The molecular formula is C21H18FN5O2. The van der Waals surface area contributed by atoms with Crippen LogP contribution in [0, 0.1) is 11.7 Å². The minimum absolute atomic E-state index is 0.0892. The van der Waals surface area contributed by atoms with E-state index in [4.69, 9.17) is 0 Å². The summed E-state index contributed by atoms with van der Waals surface area (Å²) in [6.07, 6.45) is 1.60. The van der Waals surface area contributed by atoms with Crippen LogP contribution in [-0.4, -0.2) is 35.1 Å². The number of halogens is 1. The van der Waals surface area contributed by atoms with Crippen molar-refractivity contribution < 1.29 is 14.0 Å². The monoisotopic (exact) mass is 391 g/mol. The molecule has 1 aliphatic rings. The third kappa shape index (κ3) is 4.21. The first-order chi connectivity index (χ1) is 14.1. The smallest absolute Gasteiger partial charge is 0.255 e. The SMILES string of the molecule is O=C(Nc1ccccc1F)c1ccc(NC(=O)C2CN(c3cccnn3)C2)cc1. The van der Waals surface area contributed by atoms with Gasteiger partial charge in [0.15, 0.2) is 5.82 Å². The molecule has 3 aromatic rings. The summed E-state index contributed by atoms with van der Waals surface area (Å²) < 4.78 is 13.7. The maximum atomic E-state index is 13.7. The fraction of sp³-hybridized carbons (Fsp3) is 0.143. The Kier molecular flexibility index (Phi) is 5.15. The third-order valence-electron chi connectivity index (χ3n) is 4.67. The Morgan fingerprint density at radius 1 is 0.966 bits per heavy atom. The number of carbonyl (C=O) groups excluding carboxylic acids is 2. The molecule has 0 saturated carbocycles. The van der Waals surface area contributed by atoms with Gasteiger partial charge in [-0.15, -0.1) is 5.10 Å². The highest BCUT2D eigenvalue weighted by molar-refractivity contribution is 6.04. The molecule has 2 N–H and O–H groups in total. The lowest BCUT2D eigenvalue weighted by atomic mass is 9.99. The number of hydrogen-bond donors (Lipinski definition) is 2. The topological polar surface area (TPSA) is 87.2 Å². The molecule has 1 saturated heterocycles. The molecule has 0 spiro atoms. The van der Waals surface area contributed by atoms with Crippen LogP contribution in [0.4, 0.5) is 21.6 Å². The van der Waals surface area contributed by atoms with E-state index < -0.39 is 11.7 Å². The van der Waals surface area contributed by atoms with Crippen molar-refractivity contribution in [2.24, 2.45) is 5.92 Å². The molecule has 1 aliphatic heterocycles. The van der Waals surface area contributed by atoms with E-state index in [1.165, 1.54) is 12.1 Å². The molecule has 1 fully saturated rings. The Morgan fingerprint density at radius 2 is 1.72 bits per heavy atom. The Bertz CT molecular complexity index is 1020. The molecule has 146 valence electrons. The quantitative estimate of drug-likeness (QED) is 0.698. The second-order valence-electron chi connectivity index (χ2n) is 6.68. The van der Waals surface area contributed by atoms with E-state index in [9.17, 15) is 14.0 Å². The van der Waals surface area contributed by atoms with Crippen LogP contribution in [0.3, 0.4) is 0 Å². The Morgan fingerprint density at radius 3 is 2.41 bits per heavy atom. The van der Waals surface area contributed by atoms with Gasteiger partial charge in [-0.05, 0) is 48.5 Å². The molecule has 2 amide bonds. The summed E-state index contributed by atoms with van der Waals surface area (Å²) in [4.78, 5) is 26.6. The van der Waals surface area contributed by atoms with Crippen molar-refractivity contribution in [2.45, 2.75) is 0 Å². The summed E-state index contributed by atoms with van der Waals surface area (Å²) in [5.41, 5.74) is 1.08. The molecule has 1 aromatic heterocycles. The van der Waals surface area contributed by atoms with E-state index in [-0.39, 0.29) is 17.5 Å². The average molecular weight is 391 g/mol. The summed E-state index contributed by atoms with van der Waals surface area (Å²) in [6.45, 7) is 1.15. The van der Waals surface area contributed by atoms with E-state index in [0.29, 0.717) is 24.3 Å². The Balaban J connectivity index is 1.31. The number of nitrogens with zero attached hydrogens (tertiary/aromatic N) is 3. The van der Waals surface area contributed by atoms with Crippen LogP contribution in [0.25, 0.3) is 0 Å². The molecule has 2 heterocycles. The van der Waals surface area contributed by atoms with Gasteiger partial charge in [-0.25, -0.2) is 4.39 Å². The second kappa shape index (κ2) is 8.05. The normalized spacial score (nSPS) is 13.5. The highest BCUT2D eigenvalue weighted by atomic mass is 19.1. The molecule has 0 bridgehead atoms. The summed E-state index contributed by atoms with van der Waals surface area (Å²) in [6, 6.07) is 16.1. The van der Waals surface area contributed by atoms with Gasteiger partial charge in [0.1, 0.15) is 5.82 Å². The van der Waals surface area contributed by atoms with Gasteiger partial charge in [0, 0.05) is 30.5 Å². The van der Waals surface area contributed by atoms with Gasteiger partial charge < -0.3 is 15.5 Å². The molecular weight excluding hydrogens is 373 g/mol. The first-order valence-corrected chi connectivity index (χ1v) is 9.09. The number of carbonyl (C=O) groups is 2. The lowest BCUT2D eigenvalue weighted by molar-refractivity contribution is -0.120. The number of benzene rings is 2. The van der Waals surface area contributed by atoms with Crippen LogP contribution in [0.2, 0.25) is 0 Å². The van der Waals surface area contributed by atoms with E-state index >= 15 is 0 Å². The maximum Gasteiger partial charge on any atom is 0.255 e. The predicted octanol–water partition coefficient (Wildman–Crippen LogP) is 2.94. The zero-order valence-electron chi connectivity index (χ0n) is 15.4. The first-order valence-electron chi connectivity index (χ1n) is 9.09. The van der Waals surface area contributed by atoms with Gasteiger partial charge in [0.05, 0.1) is 11.6 Å². The van der Waals surface area contributed by atoms with E-state index in [1.54, 1.807) is 48.7 Å². The number of rotatable bonds is 5. The van der Waals surface area contributed by atoms with Crippen molar-refractivity contribution >= 4 is 29.0 Å². The number of anilines is 3. The lowest BCUT2D eigenvalue weighted by Crippen LogP contribution is -2.52. The molecule has 0 atom stereocenters. The maximum absolute atomic E-state index is 13.7. The van der Waals surface area contributed by atoms with Crippen molar-refractivity contribution in [3.63, 3.8) is 0 Å². The molecule has 7 nitrogen and oxygen atoms in total. The van der Waals surface area contributed by atoms with Crippen LogP contribution in [-0.2, 0) is 4.79 Å². The summed E-state index contributed by atoms with van der Waals surface area (Å²) in [7, 11) is 0. The molecule has 4 rings (SSSR count). The van der Waals surface area contributed by atoms with E-state index in [2.05, 4.69) is 20.8 Å². The minimum Gasteiger partial charge on any atom is -0.353 e.